The molecule has 0 unspecified atom stereocenters. The van der Waals surface area contributed by atoms with Crippen LogP contribution in [0.25, 0.3) is 0 Å². The van der Waals surface area contributed by atoms with Gasteiger partial charge in [0.2, 0.25) is 5.88 Å². The molecule has 0 amide bonds. The molecule has 0 radical (unpaired) electrons. The molecular weight excluding hydrogens is 246 g/mol. The van der Waals surface area contributed by atoms with Crippen molar-refractivity contribution in [3.8, 4) is 17.4 Å². The monoisotopic (exact) mass is 259 g/mol. The molecular formula is C14H13NO4. The third kappa shape index (κ3) is 2.65. The lowest BCUT2D eigenvalue weighted by Crippen LogP contribution is -2.03. The van der Waals surface area contributed by atoms with Gasteiger partial charge in [-0.2, -0.15) is 0 Å². The first kappa shape index (κ1) is 12.9. The first-order chi connectivity index (χ1) is 9.13. The zero-order chi connectivity index (χ0) is 13.8. The Hall–Kier alpha value is -2.56. The number of rotatable bonds is 4. The molecule has 0 bridgehead atoms. The summed E-state index contributed by atoms with van der Waals surface area (Å²) in [7, 11) is 1.46. The minimum absolute atomic E-state index is 0.0319. The maximum absolute atomic E-state index is 11.2. The predicted molar refractivity (Wildman–Crippen MR) is 69.0 cm³/mol. The lowest BCUT2D eigenvalue weighted by atomic mass is 10.2. The molecule has 0 spiro atoms. The number of carbonyl (C=O) groups is 1. The molecule has 0 aliphatic carbocycles. The van der Waals surface area contributed by atoms with E-state index in [0.717, 1.165) is 5.56 Å². The molecule has 19 heavy (non-hydrogen) atoms. The highest BCUT2D eigenvalue weighted by Crippen LogP contribution is 2.35. The van der Waals surface area contributed by atoms with Crippen molar-refractivity contribution < 1.29 is 19.4 Å². The molecule has 0 atom stereocenters. The van der Waals surface area contributed by atoms with Crippen LogP contribution in [0.4, 0.5) is 0 Å². The maximum atomic E-state index is 11.2. The van der Waals surface area contributed by atoms with Crippen LogP contribution in [0, 0.1) is 6.92 Å². The fourth-order valence-electron chi connectivity index (χ4n) is 1.62. The normalized spacial score (nSPS) is 10.0. The van der Waals surface area contributed by atoms with E-state index in [2.05, 4.69) is 4.98 Å². The van der Waals surface area contributed by atoms with Crippen LogP contribution in [0.2, 0.25) is 0 Å². The molecule has 0 saturated carbocycles. The number of nitrogens with zero attached hydrogens (tertiary/aromatic N) is 1. The van der Waals surface area contributed by atoms with Crippen LogP contribution in [-0.2, 0) is 0 Å². The topological polar surface area (TPSA) is 68.7 Å². The van der Waals surface area contributed by atoms with Gasteiger partial charge in [-0.3, -0.25) is 0 Å². The second-order valence-electron chi connectivity index (χ2n) is 3.87. The van der Waals surface area contributed by atoms with E-state index in [1.807, 2.05) is 13.0 Å². The predicted octanol–water partition coefficient (Wildman–Crippen LogP) is 2.89. The summed E-state index contributed by atoms with van der Waals surface area (Å²) >= 11 is 0. The number of carboxylic acids is 1. The highest BCUT2D eigenvalue weighted by molar-refractivity contribution is 5.92. The van der Waals surface area contributed by atoms with Gasteiger partial charge < -0.3 is 14.6 Å². The van der Waals surface area contributed by atoms with Crippen LogP contribution in [-0.4, -0.2) is 23.2 Å². The minimum atomic E-state index is -1.08. The van der Waals surface area contributed by atoms with Gasteiger partial charge in [0, 0.05) is 11.8 Å². The van der Waals surface area contributed by atoms with Crippen LogP contribution in [0.15, 0.2) is 36.5 Å². The minimum Gasteiger partial charge on any atom is -0.493 e. The summed E-state index contributed by atoms with van der Waals surface area (Å²) in [6.45, 7) is 1.83. The summed E-state index contributed by atoms with van der Waals surface area (Å²) in [6.07, 6.45) is 1.58. The van der Waals surface area contributed by atoms with Crippen molar-refractivity contribution >= 4 is 5.97 Å². The maximum Gasteiger partial charge on any atom is 0.339 e. The molecule has 1 heterocycles. The summed E-state index contributed by atoms with van der Waals surface area (Å²) in [5.74, 6) is -0.221. The first-order valence-corrected chi connectivity index (χ1v) is 5.63. The van der Waals surface area contributed by atoms with Crippen LogP contribution in [0.5, 0.6) is 17.4 Å². The first-order valence-electron chi connectivity index (χ1n) is 5.63. The summed E-state index contributed by atoms with van der Waals surface area (Å²) < 4.78 is 10.7. The quantitative estimate of drug-likeness (QED) is 0.914. The number of pyridine rings is 1. The Bertz CT molecular complexity index is 610. The van der Waals surface area contributed by atoms with E-state index in [0.29, 0.717) is 11.6 Å². The van der Waals surface area contributed by atoms with Gasteiger partial charge in [-0.25, -0.2) is 9.78 Å². The number of benzene rings is 1. The molecule has 0 saturated heterocycles. The third-order valence-corrected chi connectivity index (χ3v) is 2.59. The highest BCUT2D eigenvalue weighted by Gasteiger charge is 2.18. The van der Waals surface area contributed by atoms with Crippen molar-refractivity contribution in [3.05, 3.63) is 47.7 Å². The van der Waals surface area contributed by atoms with Gasteiger partial charge in [-0.05, 0) is 25.1 Å². The molecule has 0 fully saturated rings. The van der Waals surface area contributed by atoms with E-state index < -0.39 is 5.97 Å². The van der Waals surface area contributed by atoms with E-state index in [1.165, 1.54) is 13.2 Å². The zero-order valence-corrected chi connectivity index (χ0v) is 10.6. The average molecular weight is 259 g/mol. The average Bonchev–Trinajstić information content (AvgIpc) is 2.41. The zero-order valence-electron chi connectivity index (χ0n) is 10.6. The molecule has 1 aromatic heterocycles. The molecule has 1 N–H and O–H groups in total. The van der Waals surface area contributed by atoms with Crippen molar-refractivity contribution in [2.75, 3.05) is 7.11 Å². The van der Waals surface area contributed by atoms with Crippen molar-refractivity contribution in [2.24, 2.45) is 0 Å². The second-order valence-corrected chi connectivity index (χ2v) is 3.87. The second kappa shape index (κ2) is 5.39. The van der Waals surface area contributed by atoms with Gasteiger partial charge in [-0.15, -0.1) is 0 Å². The number of methoxy groups -OCH3 is 1. The molecule has 2 aromatic rings. The largest absolute Gasteiger partial charge is 0.493 e. The number of aryl methyl sites for hydroxylation is 1. The molecule has 0 aliphatic heterocycles. The Morgan fingerprint density at radius 2 is 2.05 bits per heavy atom. The van der Waals surface area contributed by atoms with E-state index in [-0.39, 0.29) is 11.3 Å². The lowest BCUT2D eigenvalue weighted by molar-refractivity contribution is 0.0693. The molecule has 98 valence electrons. The molecule has 0 aliphatic rings. The summed E-state index contributed by atoms with van der Waals surface area (Å²) in [5, 5.41) is 9.18. The number of aromatic carboxylic acids is 1. The van der Waals surface area contributed by atoms with E-state index in [4.69, 9.17) is 9.47 Å². The van der Waals surface area contributed by atoms with Gasteiger partial charge in [0.05, 0.1) is 7.11 Å². The highest BCUT2D eigenvalue weighted by atomic mass is 16.5. The number of aromatic nitrogens is 1. The third-order valence-electron chi connectivity index (χ3n) is 2.59. The SMILES string of the molecule is COc1cccc(C(=O)O)c1Oc1ncccc1C. The number of carboxylic acid groups (broad SMARTS) is 1. The van der Waals surface area contributed by atoms with Crippen LogP contribution in [0.1, 0.15) is 15.9 Å². The van der Waals surface area contributed by atoms with Crippen molar-refractivity contribution in [1.29, 1.82) is 0 Å². The smallest absolute Gasteiger partial charge is 0.339 e. The molecule has 5 nitrogen and oxygen atoms in total. The summed E-state index contributed by atoms with van der Waals surface area (Å²) in [4.78, 5) is 15.3. The van der Waals surface area contributed by atoms with Gasteiger partial charge in [0.15, 0.2) is 11.5 Å². The Morgan fingerprint density at radius 3 is 2.68 bits per heavy atom. The fraction of sp³-hybridized carbons (Fsp3) is 0.143. The summed E-state index contributed by atoms with van der Waals surface area (Å²) in [5.41, 5.74) is 0.842. The van der Waals surface area contributed by atoms with Gasteiger partial charge in [0.1, 0.15) is 5.56 Å². The van der Waals surface area contributed by atoms with Crippen LogP contribution < -0.4 is 9.47 Å². The van der Waals surface area contributed by atoms with Gasteiger partial charge >= 0.3 is 5.97 Å². The van der Waals surface area contributed by atoms with E-state index in [1.54, 1.807) is 24.4 Å². The van der Waals surface area contributed by atoms with Gasteiger partial charge in [-0.1, -0.05) is 12.1 Å². The van der Waals surface area contributed by atoms with Crippen LogP contribution >= 0.6 is 0 Å². The number of para-hydroxylation sites is 1. The van der Waals surface area contributed by atoms with E-state index in [9.17, 15) is 9.90 Å². The van der Waals surface area contributed by atoms with Crippen molar-refractivity contribution in [2.45, 2.75) is 6.92 Å². The lowest BCUT2D eigenvalue weighted by Gasteiger charge is -2.13. The van der Waals surface area contributed by atoms with Crippen molar-refractivity contribution in [1.82, 2.24) is 4.98 Å². The Morgan fingerprint density at radius 1 is 1.26 bits per heavy atom. The summed E-state index contributed by atoms with van der Waals surface area (Å²) in [6, 6.07) is 8.31. The van der Waals surface area contributed by atoms with Crippen LogP contribution in [0.3, 0.4) is 0 Å². The Balaban J connectivity index is 2.49. The number of hydrogen-bond donors (Lipinski definition) is 1. The number of ether oxygens (including phenoxy) is 2. The molecule has 2 rings (SSSR count). The van der Waals surface area contributed by atoms with Gasteiger partial charge in [0.25, 0.3) is 0 Å². The Labute approximate surface area is 110 Å². The molecule has 5 heteroatoms. The van der Waals surface area contributed by atoms with E-state index >= 15 is 0 Å². The molecule has 1 aromatic carbocycles. The standard InChI is InChI=1S/C14H13NO4/c1-9-5-4-8-15-13(9)19-12-10(14(16)17)6-3-7-11(12)18-2/h3-8H,1-2H3,(H,16,17). The Kier molecular flexibility index (Phi) is 3.66. The van der Waals surface area contributed by atoms with Crippen molar-refractivity contribution in [3.63, 3.8) is 0 Å². The number of hydrogen-bond acceptors (Lipinski definition) is 4. The fourth-order valence-corrected chi connectivity index (χ4v) is 1.62.